The molecule has 2 amide bonds. The van der Waals surface area contributed by atoms with Crippen LogP contribution < -0.4 is 16.8 Å². The molecule has 1 unspecified atom stereocenters. The molecule has 0 fully saturated rings. The maximum Gasteiger partial charge on any atom is 0.236 e. The highest BCUT2D eigenvalue weighted by Crippen LogP contribution is 2.11. The van der Waals surface area contributed by atoms with Crippen LogP contribution in [0.5, 0.6) is 0 Å². The zero-order valence-electron chi connectivity index (χ0n) is 10.9. The van der Waals surface area contributed by atoms with Crippen LogP contribution in [0.2, 0.25) is 0 Å². The summed E-state index contributed by atoms with van der Waals surface area (Å²) < 4.78 is 21.8. The first-order chi connectivity index (χ1) is 7.96. The topological polar surface area (TPSA) is 132 Å². The maximum absolute atomic E-state index is 11.5. The quantitative estimate of drug-likeness (QED) is 0.515. The standard InChI is InChI=1S/C10H21N3O4S/c1-10(2,9(12)15)6-13-8(14)7(11)4-5-18(3,16)17/h7H,4-6,11H2,1-3H3,(H2,12,15)(H,13,14). The molecular formula is C10H21N3O4S. The SMILES string of the molecule is CC(C)(CNC(=O)C(N)CCS(C)(=O)=O)C(N)=O. The maximum atomic E-state index is 11.5. The Kier molecular flexibility index (Phi) is 5.75. The van der Waals surface area contributed by atoms with E-state index in [-0.39, 0.29) is 18.7 Å². The Labute approximate surface area is 107 Å². The Morgan fingerprint density at radius 2 is 1.83 bits per heavy atom. The van der Waals surface area contributed by atoms with E-state index in [0.717, 1.165) is 6.26 Å². The van der Waals surface area contributed by atoms with Crippen molar-refractivity contribution in [2.75, 3.05) is 18.6 Å². The predicted octanol–water partition coefficient (Wildman–Crippen LogP) is -1.62. The molecule has 0 aliphatic carbocycles. The van der Waals surface area contributed by atoms with Gasteiger partial charge in [-0.3, -0.25) is 9.59 Å². The monoisotopic (exact) mass is 279 g/mol. The smallest absolute Gasteiger partial charge is 0.236 e. The molecule has 106 valence electrons. The highest BCUT2D eigenvalue weighted by molar-refractivity contribution is 7.90. The van der Waals surface area contributed by atoms with E-state index >= 15 is 0 Å². The minimum atomic E-state index is -3.14. The Bertz CT molecular complexity index is 417. The zero-order chi connectivity index (χ0) is 14.6. The van der Waals surface area contributed by atoms with E-state index in [1.807, 2.05) is 0 Å². The number of hydrogen-bond acceptors (Lipinski definition) is 5. The van der Waals surface area contributed by atoms with Crippen LogP contribution in [0.1, 0.15) is 20.3 Å². The van der Waals surface area contributed by atoms with E-state index in [2.05, 4.69) is 5.32 Å². The predicted molar refractivity (Wildman–Crippen MR) is 68.3 cm³/mol. The first kappa shape index (κ1) is 16.9. The first-order valence-electron chi connectivity index (χ1n) is 5.46. The highest BCUT2D eigenvalue weighted by atomic mass is 32.2. The summed E-state index contributed by atoms with van der Waals surface area (Å²) in [6, 6.07) is -0.914. The van der Waals surface area contributed by atoms with Crippen LogP contribution in [0, 0.1) is 5.41 Å². The second-order valence-corrected chi connectivity index (χ2v) is 7.25. The molecule has 0 heterocycles. The summed E-state index contributed by atoms with van der Waals surface area (Å²) in [4.78, 5) is 22.6. The van der Waals surface area contributed by atoms with E-state index in [9.17, 15) is 18.0 Å². The minimum absolute atomic E-state index is 0.0433. The summed E-state index contributed by atoms with van der Waals surface area (Å²) in [5.41, 5.74) is 9.82. The molecule has 0 aliphatic heterocycles. The zero-order valence-corrected chi connectivity index (χ0v) is 11.7. The van der Waals surface area contributed by atoms with Gasteiger partial charge >= 0.3 is 0 Å². The van der Waals surface area contributed by atoms with Gasteiger partial charge < -0.3 is 16.8 Å². The first-order valence-corrected chi connectivity index (χ1v) is 7.53. The third kappa shape index (κ3) is 6.55. The number of carbonyl (C=O) groups excluding carboxylic acids is 2. The van der Waals surface area contributed by atoms with Crippen molar-refractivity contribution in [1.82, 2.24) is 5.32 Å². The second-order valence-electron chi connectivity index (χ2n) is 4.99. The van der Waals surface area contributed by atoms with Gasteiger partial charge in [-0.05, 0) is 20.3 Å². The molecule has 0 radical (unpaired) electrons. The molecule has 0 saturated heterocycles. The number of hydrogen-bond donors (Lipinski definition) is 3. The van der Waals surface area contributed by atoms with Gasteiger partial charge in [-0.25, -0.2) is 8.42 Å². The van der Waals surface area contributed by atoms with Gasteiger partial charge in [0.1, 0.15) is 9.84 Å². The van der Waals surface area contributed by atoms with Crippen molar-refractivity contribution in [3.63, 3.8) is 0 Å². The third-order valence-corrected chi connectivity index (χ3v) is 3.49. The van der Waals surface area contributed by atoms with Gasteiger partial charge in [-0.15, -0.1) is 0 Å². The summed E-state index contributed by atoms with van der Waals surface area (Å²) in [6.07, 6.45) is 1.12. The van der Waals surface area contributed by atoms with Crippen molar-refractivity contribution in [1.29, 1.82) is 0 Å². The Balaban J connectivity index is 4.22. The molecule has 1 atom stereocenters. The van der Waals surface area contributed by atoms with E-state index in [0.29, 0.717) is 0 Å². The van der Waals surface area contributed by atoms with Crippen molar-refractivity contribution in [3.8, 4) is 0 Å². The van der Waals surface area contributed by atoms with Gasteiger partial charge in [0, 0.05) is 12.8 Å². The second kappa shape index (κ2) is 6.14. The van der Waals surface area contributed by atoms with Crippen molar-refractivity contribution >= 4 is 21.7 Å². The molecule has 18 heavy (non-hydrogen) atoms. The molecule has 7 nitrogen and oxygen atoms in total. The Morgan fingerprint density at radius 1 is 1.33 bits per heavy atom. The summed E-state index contributed by atoms with van der Waals surface area (Å²) in [7, 11) is -3.14. The average molecular weight is 279 g/mol. The van der Waals surface area contributed by atoms with Gasteiger partial charge in [0.15, 0.2) is 0 Å². The normalized spacial score (nSPS) is 14.0. The lowest BCUT2D eigenvalue weighted by Gasteiger charge is -2.22. The lowest BCUT2D eigenvalue weighted by molar-refractivity contribution is -0.127. The van der Waals surface area contributed by atoms with Crippen LogP contribution in [-0.4, -0.2) is 44.8 Å². The Hall–Kier alpha value is -1.15. The van der Waals surface area contributed by atoms with Crippen molar-refractivity contribution in [2.24, 2.45) is 16.9 Å². The average Bonchev–Trinajstić information content (AvgIpc) is 2.21. The number of rotatable bonds is 7. The van der Waals surface area contributed by atoms with Crippen LogP contribution in [0.4, 0.5) is 0 Å². The van der Waals surface area contributed by atoms with E-state index in [1.54, 1.807) is 13.8 Å². The number of carbonyl (C=O) groups is 2. The molecule has 5 N–H and O–H groups in total. The van der Waals surface area contributed by atoms with Crippen molar-refractivity contribution in [2.45, 2.75) is 26.3 Å². The molecule has 0 rings (SSSR count). The Morgan fingerprint density at radius 3 is 2.22 bits per heavy atom. The number of nitrogens with one attached hydrogen (secondary N) is 1. The van der Waals surface area contributed by atoms with E-state index < -0.39 is 33.1 Å². The van der Waals surface area contributed by atoms with Crippen LogP contribution in [0.25, 0.3) is 0 Å². The lowest BCUT2D eigenvalue weighted by atomic mass is 9.92. The van der Waals surface area contributed by atoms with Crippen LogP contribution in [0.3, 0.4) is 0 Å². The fourth-order valence-corrected chi connectivity index (χ4v) is 1.68. The number of amides is 2. The van der Waals surface area contributed by atoms with Crippen LogP contribution in [-0.2, 0) is 19.4 Å². The fourth-order valence-electron chi connectivity index (χ4n) is 0.998. The highest BCUT2D eigenvalue weighted by Gasteiger charge is 2.26. The van der Waals surface area contributed by atoms with Crippen LogP contribution in [0.15, 0.2) is 0 Å². The van der Waals surface area contributed by atoms with Gasteiger partial charge in [0.05, 0.1) is 17.2 Å². The summed E-state index contributed by atoms with van der Waals surface area (Å²) >= 11 is 0. The van der Waals surface area contributed by atoms with Gasteiger partial charge in [-0.2, -0.15) is 0 Å². The fraction of sp³-hybridized carbons (Fsp3) is 0.800. The number of nitrogens with two attached hydrogens (primary N) is 2. The molecule has 0 saturated carbocycles. The lowest BCUT2D eigenvalue weighted by Crippen LogP contribution is -2.48. The van der Waals surface area contributed by atoms with Crippen molar-refractivity contribution < 1.29 is 18.0 Å². The van der Waals surface area contributed by atoms with E-state index in [1.165, 1.54) is 0 Å². The molecule has 8 heteroatoms. The van der Waals surface area contributed by atoms with Gasteiger partial charge in [0.25, 0.3) is 0 Å². The largest absolute Gasteiger partial charge is 0.369 e. The molecule has 0 aromatic heterocycles. The van der Waals surface area contributed by atoms with Crippen LogP contribution >= 0.6 is 0 Å². The molecule has 0 spiro atoms. The summed E-state index contributed by atoms with van der Waals surface area (Å²) in [5, 5.41) is 2.48. The molecule has 0 aromatic carbocycles. The van der Waals surface area contributed by atoms with Crippen molar-refractivity contribution in [3.05, 3.63) is 0 Å². The molecule has 0 aliphatic rings. The molecule has 0 aromatic rings. The van der Waals surface area contributed by atoms with E-state index in [4.69, 9.17) is 11.5 Å². The minimum Gasteiger partial charge on any atom is -0.369 e. The number of sulfone groups is 1. The molecule has 0 bridgehead atoms. The summed E-state index contributed by atoms with van der Waals surface area (Å²) in [5.74, 6) is -1.18. The van der Waals surface area contributed by atoms with Gasteiger partial charge in [0.2, 0.25) is 11.8 Å². The molecular weight excluding hydrogens is 258 g/mol. The third-order valence-electron chi connectivity index (χ3n) is 2.51. The van der Waals surface area contributed by atoms with Gasteiger partial charge in [-0.1, -0.05) is 0 Å². The number of primary amides is 1. The summed E-state index contributed by atoms with van der Waals surface area (Å²) in [6.45, 7) is 3.25.